The molecular formula is C19H40NO2+. The number of rotatable bonds is 15. The second-order valence-corrected chi connectivity index (χ2v) is 7.29. The third kappa shape index (κ3) is 13.1. The topological polar surface area (TPSA) is 37.3 Å². The van der Waals surface area contributed by atoms with Gasteiger partial charge >= 0.3 is 6.09 Å². The number of carbonyl (C=O) groups is 1. The van der Waals surface area contributed by atoms with E-state index in [9.17, 15) is 4.79 Å². The van der Waals surface area contributed by atoms with Crippen LogP contribution in [0.2, 0.25) is 0 Å². The predicted molar refractivity (Wildman–Crippen MR) is 95.3 cm³/mol. The van der Waals surface area contributed by atoms with Crippen LogP contribution in [0.1, 0.15) is 96.8 Å². The fourth-order valence-electron chi connectivity index (χ4n) is 2.80. The molecule has 0 aromatic rings. The largest absolute Gasteiger partial charge is 0.513 e. The Labute approximate surface area is 138 Å². The Morgan fingerprint density at radius 3 is 1.32 bits per heavy atom. The lowest BCUT2D eigenvalue weighted by atomic mass is 10.0. The number of carboxylic acid groups (broad SMARTS) is 1. The van der Waals surface area contributed by atoms with E-state index in [1.807, 2.05) is 0 Å². The summed E-state index contributed by atoms with van der Waals surface area (Å²) in [6, 6.07) is 0. The van der Waals surface area contributed by atoms with Crippen LogP contribution >= 0.6 is 0 Å². The van der Waals surface area contributed by atoms with Gasteiger partial charge in [-0.2, -0.15) is 4.79 Å². The number of hydrogen-bond acceptors (Lipinski definition) is 1. The van der Waals surface area contributed by atoms with Crippen molar-refractivity contribution in [2.75, 3.05) is 20.6 Å². The van der Waals surface area contributed by atoms with Gasteiger partial charge in [0.05, 0.1) is 20.6 Å². The van der Waals surface area contributed by atoms with Crippen LogP contribution in [0.5, 0.6) is 0 Å². The Hall–Kier alpha value is -0.570. The van der Waals surface area contributed by atoms with Crippen LogP contribution in [0, 0.1) is 0 Å². The Morgan fingerprint density at radius 2 is 1.00 bits per heavy atom. The van der Waals surface area contributed by atoms with Gasteiger partial charge in [0.25, 0.3) is 0 Å². The molecule has 0 unspecified atom stereocenters. The van der Waals surface area contributed by atoms with E-state index in [0.29, 0.717) is 0 Å². The minimum absolute atomic E-state index is 0.0955. The summed E-state index contributed by atoms with van der Waals surface area (Å²) < 4.78 is 0.0955. The SMILES string of the molecule is CCCCCCCCCCCCCCCC[N+](C)(C)C(=O)O. The molecule has 0 atom stereocenters. The molecule has 0 aliphatic heterocycles. The van der Waals surface area contributed by atoms with Crippen molar-refractivity contribution in [3.63, 3.8) is 0 Å². The van der Waals surface area contributed by atoms with Crippen molar-refractivity contribution in [1.82, 2.24) is 0 Å². The molecule has 22 heavy (non-hydrogen) atoms. The van der Waals surface area contributed by atoms with Crippen molar-refractivity contribution in [3.05, 3.63) is 0 Å². The third-order valence-electron chi connectivity index (χ3n) is 4.59. The molecule has 0 aromatic heterocycles. The fraction of sp³-hybridized carbons (Fsp3) is 0.947. The Bertz CT molecular complexity index is 264. The van der Waals surface area contributed by atoms with Crippen LogP contribution in [-0.2, 0) is 0 Å². The molecule has 3 nitrogen and oxygen atoms in total. The Morgan fingerprint density at radius 1 is 0.682 bits per heavy atom. The third-order valence-corrected chi connectivity index (χ3v) is 4.59. The van der Waals surface area contributed by atoms with Crippen LogP contribution in [0.4, 0.5) is 4.79 Å². The van der Waals surface area contributed by atoms with Gasteiger partial charge in [-0.3, -0.25) is 0 Å². The van der Waals surface area contributed by atoms with Crippen molar-refractivity contribution < 1.29 is 14.4 Å². The van der Waals surface area contributed by atoms with E-state index in [4.69, 9.17) is 5.11 Å². The van der Waals surface area contributed by atoms with Gasteiger partial charge in [0.1, 0.15) is 0 Å². The first kappa shape index (κ1) is 21.4. The van der Waals surface area contributed by atoms with Crippen molar-refractivity contribution in [3.8, 4) is 0 Å². The summed E-state index contributed by atoms with van der Waals surface area (Å²) in [5.74, 6) is 0. The molecule has 0 spiro atoms. The van der Waals surface area contributed by atoms with E-state index in [2.05, 4.69) is 6.92 Å². The maximum atomic E-state index is 11.0. The molecule has 0 bridgehead atoms. The zero-order chi connectivity index (χ0) is 16.7. The second-order valence-electron chi connectivity index (χ2n) is 7.29. The molecule has 1 amide bonds. The Balaban J connectivity index is 3.16. The zero-order valence-corrected chi connectivity index (χ0v) is 15.4. The van der Waals surface area contributed by atoms with E-state index < -0.39 is 6.09 Å². The molecule has 0 saturated carbocycles. The van der Waals surface area contributed by atoms with Gasteiger partial charge < -0.3 is 5.11 Å². The monoisotopic (exact) mass is 314 g/mol. The molecule has 0 radical (unpaired) electrons. The van der Waals surface area contributed by atoms with Crippen molar-refractivity contribution in [1.29, 1.82) is 0 Å². The summed E-state index contributed by atoms with van der Waals surface area (Å²) in [6.45, 7) is 3.01. The summed E-state index contributed by atoms with van der Waals surface area (Å²) in [4.78, 5) is 11.0. The first-order valence-electron chi connectivity index (χ1n) is 9.57. The summed E-state index contributed by atoms with van der Waals surface area (Å²) in [5.41, 5.74) is 0. The predicted octanol–water partition coefficient (Wildman–Crippen LogP) is 6.22. The summed E-state index contributed by atoms with van der Waals surface area (Å²) in [6.07, 6.45) is 18.0. The van der Waals surface area contributed by atoms with Gasteiger partial charge in [-0.25, -0.2) is 4.48 Å². The highest BCUT2D eigenvalue weighted by molar-refractivity contribution is 5.56. The van der Waals surface area contributed by atoms with E-state index in [1.165, 1.54) is 83.5 Å². The van der Waals surface area contributed by atoms with Gasteiger partial charge in [0, 0.05) is 0 Å². The van der Waals surface area contributed by atoms with Crippen LogP contribution < -0.4 is 0 Å². The van der Waals surface area contributed by atoms with E-state index in [1.54, 1.807) is 14.1 Å². The minimum atomic E-state index is -0.727. The molecule has 0 rings (SSSR count). The highest BCUT2D eigenvalue weighted by Gasteiger charge is 2.24. The molecule has 0 heterocycles. The number of unbranched alkanes of at least 4 members (excludes halogenated alkanes) is 13. The highest BCUT2D eigenvalue weighted by atomic mass is 16.4. The minimum Gasteiger partial charge on any atom is -0.435 e. The molecular weight excluding hydrogens is 274 g/mol. The normalized spacial score (nSPS) is 11.8. The lowest BCUT2D eigenvalue weighted by molar-refractivity contribution is -0.816. The molecule has 0 fully saturated rings. The smallest absolute Gasteiger partial charge is 0.435 e. The molecule has 0 saturated heterocycles. The lowest BCUT2D eigenvalue weighted by Crippen LogP contribution is -2.45. The molecule has 0 aliphatic rings. The molecule has 1 N–H and O–H groups in total. The summed E-state index contributed by atoms with van der Waals surface area (Å²) >= 11 is 0. The van der Waals surface area contributed by atoms with Crippen LogP contribution in [0.15, 0.2) is 0 Å². The standard InChI is InChI=1S/C19H39NO2/c1-4-5-6-7-8-9-10-11-12-13-14-15-16-17-18-20(2,3)19(21)22/h4-18H2,1-3H3/p+1. The van der Waals surface area contributed by atoms with Crippen LogP contribution in [-0.4, -0.2) is 36.3 Å². The summed E-state index contributed by atoms with van der Waals surface area (Å²) in [5, 5.41) is 9.02. The van der Waals surface area contributed by atoms with Crippen molar-refractivity contribution in [2.24, 2.45) is 0 Å². The lowest BCUT2D eigenvalue weighted by Gasteiger charge is -2.22. The van der Waals surface area contributed by atoms with Gasteiger partial charge in [0.2, 0.25) is 0 Å². The molecule has 132 valence electrons. The number of amides is 1. The fourth-order valence-corrected chi connectivity index (χ4v) is 2.80. The second kappa shape index (κ2) is 14.0. The van der Waals surface area contributed by atoms with Crippen molar-refractivity contribution in [2.45, 2.75) is 96.8 Å². The van der Waals surface area contributed by atoms with E-state index in [-0.39, 0.29) is 4.48 Å². The van der Waals surface area contributed by atoms with Gasteiger partial charge in [-0.05, 0) is 12.8 Å². The highest BCUT2D eigenvalue weighted by Crippen LogP contribution is 2.13. The number of quaternary nitrogens is 1. The van der Waals surface area contributed by atoms with E-state index in [0.717, 1.165) is 13.0 Å². The van der Waals surface area contributed by atoms with E-state index >= 15 is 0 Å². The average Bonchev–Trinajstić information content (AvgIpc) is 2.47. The summed E-state index contributed by atoms with van der Waals surface area (Å²) in [7, 11) is 3.54. The molecule has 3 heteroatoms. The van der Waals surface area contributed by atoms with Crippen LogP contribution in [0.25, 0.3) is 0 Å². The first-order chi connectivity index (χ1) is 10.5. The average molecular weight is 315 g/mol. The maximum Gasteiger partial charge on any atom is 0.513 e. The molecule has 0 aliphatic carbocycles. The van der Waals surface area contributed by atoms with Gasteiger partial charge in [0.15, 0.2) is 0 Å². The van der Waals surface area contributed by atoms with Gasteiger partial charge in [-0.15, -0.1) is 0 Å². The van der Waals surface area contributed by atoms with Crippen LogP contribution in [0.3, 0.4) is 0 Å². The van der Waals surface area contributed by atoms with Gasteiger partial charge in [-0.1, -0.05) is 84.0 Å². The maximum absolute atomic E-state index is 11.0. The first-order valence-corrected chi connectivity index (χ1v) is 9.57. The molecule has 0 aromatic carbocycles. The quantitative estimate of drug-likeness (QED) is 0.288. The number of nitrogens with zero attached hydrogens (tertiary/aromatic N) is 1. The zero-order valence-electron chi connectivity index (χ0n) is 15.4. The number of hydrogen-bond donors (Lipinski definition) is 1. The van der Waals surface area contributed by atoms with Crippen molar-refractivity contribution >= 4 is 6.09 Å². The Kier molecular flexibility index (Phi) is 13.7.